The first kappa shape index (κ1) is 16.5. The maximum atomic E-state index is 13.7. The van der Waals surface area contributed by atoms with E-state index >= 15 is 0 Å². The number of amides is 1. The molecule has 9 heteroatoms. The standard InChI is InChI=1S/C15H10BrClFN5O/c1-8-4-11(16)12(18)6-13(8)20-15(24)10-5-9(17)2-3-14(10)23-7-19-21-22-23/h2-7H,1H3,(H,20,24). The van der Waals surface area contributed by atoms with Crippen LogP contribution in [0.5, 0.6) is 0 Å². The van der Waals surface area contributed by atoms with Crippen LogP contribution in [0.2, 0.25) is 5.02 Å². The molecule has 0 atom stereocenters. The average molecular weight is 411 g/mol. The third kappa shape index (κ3) is 3.29. The Kier molecular flexibility index (Phi) is 4.59. The Balaban J connectivity index is 1.99. The Morgan fingerprint density at radius 2 is 2.12 bits per heavy atom. The van der Waals surface area contributed by atoms with E-state index in [1.165, 1.54) is 23.1 Å². The second kappa shape index (κ2) is 6.66. The number of halogens is 3. The number of nitrogens with one attached hydrogen (secondary N) is 1. The summed E-state index contributed by atoms with van der Waals surface area (Å²) >= 11 is 9.10. The van der Waals surface area contributed by atoms with Gasteiger partial charge in [-0.2, -0.15) is 4.68 Å². The number of tetrazole rings is 1. The van der Waals surface area contributed by atoms with E-state index in [1.54, 1.807) is 25.1 Å². The Morgan fingerprint density at radius 3 is 2.83 bits per heavy atom. The van der Waals surface area contributed by atoms with Gasteiger partial charge in [-0.3, -0.25) is 4.79 Å². The first-order valence-corrected chi connectivity index (χ1v) is 7.92. The fourth-order valence-electron chi connectivity index (χ4n) is 2.13. The van der Waals surface area contributed by atoms with Gasteiger partial charge in [0.15, 0.2) is 0 Å². The Labute approximate surface area is 149 Å². The number of anilines is 1. The zero-order valence-electron chi connectivity index (χ0n) is 12.3. The van der Waals surface area contributed by atoms with E-state index in [-0.39, 0.29) is 5.56 Å². The number of benzene rings is 2. The fraction of sp³-hybridized carbons (Fsp3) is 0.0667. The van der Waals surface area contributed by atoms with Crippen molar-refractivity contribution in [1.29, 1.82) is 0 Å². The molecule has 0 saturated carbocycles. The van der Waals surface area contributed by atoms with Crippen LogP contribution in [-0.2, 0) is 0 Å². The van der Waals surface area contributed by atoms with E-state index in [0.717, 1.165) is 0 Å². The molecule has 2 aromatic carbocycles. The molecule has 0 aliphatic rings. The number of carbonyl (C=O) groups is 1. The number of hydrogen-bond donors (Lipinski definition) is 1. The summed E-state index contributed by atoms with van der Waals surface area (Å²) in [6, 6.07) is 7.59. The lowest BCUT2D eigenvalue weighted by Crippen LogP contribution is -2.16. The number of carbonyl (C=O) groups excluding carboxylic acids is 1. The molecule has 1 N–H and O–H groups in total. The molecule has 0 unspecified atom stereocenters. The van der Waals surface area contributed by atoms with Gasteiger partial charge >= 0.3 is 0 Å². The quantitative estimate of drug-likeness (QED) is 0.713. The maximum Gasteiger partial charge on any atom is 0.257 e. The van der Waals surface area contributed by atoms with Crippen molar-refractivity contribution in [1.82, 2.24) is 20.2 Å². The van der Waals surface area contributed by atoms with Crippen molar-refractivity contribution in [3.05, 3.63) is 63.1 Å². The molecule has 24 heavy (non-hydrogen) atoms. The summed E-state index contributed by atoms with van der Waals surface area (Å²) in [6.45, 7) is 1.76. The molecule has 0 radical (unpaired) electrons. The molecule has 3 aromatic rings. The molecule has 1 heterocycles. The lowest BCUT2D eigenvalue weighted by molar-refractivity contribution is 0.102. The number of hydrogen-bond acceptors (Lipinski definition) is 4. The third-order valence-corrected chi connectivity index (χ3v) is 4.16. The van der Waals surface area contributed by atoms with Gasteiger partial charge < -0.3 is 5.32 Å². The molecule has 0 fully saturated rings. The van der Waals surface area contributed by atoms with E-state index in [4.69, 9.17) is 11.6 Å². The van der Waals surface area contributed by atoms with Gasteiger partial charge in [0.1, 0.15) is 12.1 Å². The van der Waals surface area contributed by atoms with E-state index < -0.39 is 11.7 Å². The predicted molar refractivity (Wildman–Crippen MR) is 91.0 cm³/mol. The van der Waals surface area contributed by atoms with Gasteiger partial charge in [-0.25, -0.2) is 4.39 Å². The van der Waals surface area contributed by atoms with Crippen LogP contribution in [0.1, 0.15) is 15.9 Å². The van der Waals surface area contributed by atoms with Crippen molar-refractivity contribution in [2.45, 2.75) is 6.92 Å². The lowest BCUT2D eigenvalue weighted by Gasteiger charge is -2.12. The van der Waals surface area contributed by atoms with Crippen LogP contribution < -0.4 is 5.32 Å². The van der Waals surface area contributed by atoms with Crippen molar-refractivity contribution in [3.8, 4) is 5.69 Å². The largest absolute Gasteiger partial charge is 0.322 e. The summed E-state index contributed by atoms with van der Waals surface area (Å²) in [5.74, 6) is -0.921. The molecule has 0 aliphatic heterocycles. The van der Waals surface area contributed by atoms with Gasteiger partial charge in [0.2, 0.25) is 0 Å². The minimum atomic E-state index is -0.470. The molecule has 122 valence electrons. The summed E-state index contributed by atoms with van der Waals surface area (Å²) in [5, 5.41) is 14.0. The molecular formula is C15H10BrClFN5O. The first-order chi connectivity index (χ1) is 11.5. The van der Waals surface area contributed by atoms with Crippen molar-refractivity contribution in [2.24, 2.45) is 0 Å². The molecule has 3 rings (SSSR count). The van der Waals surface area contributed by atoms with Crippen LogP contribution in [0.25, 0.3) is 5.69 Å². The van der Waals surface area contributed by atoms with Gasteiger partial charge in [0, 0.05) is 10.7 Å². The number of rotatable bonds is 3. The highest BCUT2D eigenvalue weighted by molar-refractivity contribution is 9.10. The summed E-state index contributed by atoms with van der Waals surface area (Å²) < 4.78 is 15.4. The topological polar surface area (TPSA) is 72.7 Å². The van der Waals surface area contributed by atoms with E-state index in [1.807, 2.05) is 0 Å². The van der Waals surface area contributed by atoms with Crippen LogP contribution in [0.4, 0.5) is 10.1 Å². The Bertz CT molecular complexity index is 916. The molecule has 0 aliphatic carbocycles. The molecule has 1 aromatic heterocycles. The second-order valence-electron chi connectivity index (χ2n) is 4.95. The van der Waals surface area contributed by atoms with Gasteiger partial charge in [-0.05, 0) is 69.2 Å². The first-order valence-electron chi connectivity index (χ1n) is 6.75. The van der Waals surface area contributed by atoms with Gasteiger partial charge in [-0.15, -0.1) is 5.10 Å². The van der Waals surface area contributed by atoms with Crippen LogP contribution in [0.15, 0.2) is 41.1 Å². The highest BCUT2D eigenvalue weighted by atomic mass is 79.9. The van der Waals surface area contributed by atoms with Gasteiger partial charge in [0.25, 0.3) is 5.91 Å². The summed E-state index contributed by atoms with van der Waals surface area (Å²) in [7, 11) is 0. The van der Waals surface area contributed by atoms with Crippen LogP contribution in [0.3, 0.4) is 0 Å². The third-order valence-electron chi connectivity index (χ3n) is 3.31. The minimum Gasteiger partial charge on any atom is -0.322 e. The fourth-order valence-corrected chi connectivity index (χ4v) is 2.76. The number of aryl methyl sites for hydroxylation is 1. The number of nitrogens with zero attached hydrogens (tertiary/aromatic N) is 4. The smallest absolute Gasteiger partial charge is 0.257 e. The van der Waals surface area contributed by atoms with Crippen LogP contribution in [0, 0.1) is 12.7 Å². The molecule has 0 saturated heterocycles. The zero-order valence-corrected chi connectivity index (χ0v) is 14.6. The van der Waals surface area contributed by atoms with Gasteiger partial charge in [0.05, 0.1) is 15.7 Å². The molecule has 0 spiro atoms. The SMILES string of the molecule is Cc1cc(Br)c(F)cc1NC(=O)c1cc(Cl)ccc1-n1cnnn1. The monoisotopic (exact) mass is 409 g/mol. The number of aromatic nitrogens is 4. The van der Waals surface area contributed by atoms with Crippen LogP contribution in [-0.4, -0.2) is 26.1 Å². The summed E-state index contributed by atoms with van der Waals surface area (Å²) in [5.41, 5.74) is 1.79. The second-order valence-corrected chi connectivity index (χ2v) is 6.24. The average Bonchev–Trinajstić information content (AvgIpc) is 3.06. The van der Waals surface area contributed by atoms with E-state index in [2.05, 4.69) is 36.8 Å². The maximum absolute atomic E-state index is 13.7. The van der Waals surface area contributed by atoms with Gasteiger partial charge in [-0.1, -0.05) is 11.6 Å². The Hall–Kier alpha value is -2.32. The highest BCUT2D eigenvalue weighted by Gasteiger charge is 2.16. The van der Waals surface area contributed by atoms with Crippen molar-refractivity contribution < 1.29 is 9.18 Å². The van der Waals surface area contributed by atoms with Crippen LogP contribution >= 0.6 is 27.5 Å². The molecule has 0 bridgehead atoms. The van der Waals surface area contributed by atoms with Crippen molar-refractivity contribution in [3.63, 3.8) is 0 Å². The zero-order chi connectivity index (χ0) is 17.3. The molecule has 1 amide bonds. The lowest BCUT2D eigenvalue weighted by atomic mass is 10.1. The highest BCUT2D eigenvalue weighted by Crippen LogP contribution is 2.26. The minimum absolute atomic E-state index is 0.262. The Morgan fingerprint density at radius 1 is 1.33 bits per heavy atom. The van der Waals surface area contributed by atoms with Crippen molar-refractivity contribution >= 4 is 39.1 Å². The molecular weight excluding hydrogens is 401 g/mol. The van der Waals surface area contributed by atoms with E-state index in [0.29, 0.717) is 26.4 Å². The summed E-state index contributed by atoms with van der Waals surface area (Å²) in [6.07, 6.45) is 1.37. The summed E-state index contributed by atoms with van der Waals surface area (Å²) in [4.78, 5) is 12.6. The normalized spacial score (nSPS) is 10.7. The predicted octanol–water partition coefficient (Wildman–Crippen LogP) is 3.78. The molecule has 6 nitrogen and oxygen atoms in total. The van der Waals surface area contributed by atoms with E-state index in [9.17, 15) is 9.18 Å². The van der Waals surface area contributed by atoms with Crippen molar-refractivity contribution in [2.75, 3.05) is 5.32 Å².